The Labute approximate surface area is 321 Å². The number of hydrogen-bond donors (Lipinski definition) is 0. The third kappa shape index (κ3) is 30.5. The van der Waals surface area contributed by atoms with Crippen LogP contribution in [-0.2, 0) is 23.8 Å². The summed E-state index contributed by atoms with van der Waals surface area (Å²) < 4.78 is 17.8. The van der Waals surface area contributed by atoms with E-state index in [4.69, 9.17) is 14.2 Å². The summed E-state index contributed by atoms with van der Waals surface area (Å²) in [5, 5.41) is 0. The molecule has 1 saturated carbocycles. The predicted octanol–water partition coefficient (Wildman–Crippen LogP) is 13.6. The van der Waals surface area contributed by atoms with Gasteiger partial charge in [-0.3, -0.25) is 9.59 Å². The number of hydrogen-bond acceptors (Lipinski definition) is 5. The molecule has 0 aromatic rings. The van der Waals surface area contributed by atoms with E-state index in [1.165, 1.54) is 122 Å². The molecule has 5 heteroatoms. The third-order valence-electron chi connectivity index (χ3n) is 10.3. The van der Waals surface area contributed by atoms with Gasteiger partial charge in [0.1, 0.15) is 18.5 Å². The summed E-state index contributed by atoms with van der Waals surface area (Å²) in [4.78, 5) is 24.5. The van der Waals surface area contributed by atoms with Gasteiger partial charge in [0.2, 0.25) is 0 Å². The molecule has 52 heavy (non-hydrogen) atoms. The monoisotopic (exact) mass is 727 g/mol. The molecule has 0 spiro atoms. The van der Waals surface area contributed by atoms with Gasteiger partial charge in [-0.1, -0.05) is 146 Å². The van der Waals surface area contributed by atoms with Gasteiger partial charge in [0.15, 0.2) is 0 Å². The van der Waals surface area contributed by atoms with Gasteiger partial charge in [0.25, 0.3) is 0 Å². The quantitative estimate of drug-likeness (QED) is 0.0362. The molecule has 0 heterocycles. The van der Waals surface area contributed by atoms with E-state index in [0.29, 0.717) is 26.1 Å². The van der Waals surface area contributed by atoms with Crippen molar-refractivity contribution in [1.29, 1.82) is 0 Å². The lowest BCUT2D eigenvalue weighted by Gasteiger charge is -2.19. The number of esters is 1. The molecular formula is C47H82O5. The zero-order valence-corrected chi connectivity index (χ0v) is 34.3. The maximum Gasteiger partial charge on any atom is 0.306 e. The fourth-order valence-electron chi connectivity index (χ4n) is 6.70. The van der Waals surface area contributed by atoms with Crippen molar-refractivity contribution in [1.82, 2.24) is 0 Å². The van der Waals surface area contributed by atoms with E-state index < -0.39 is 0 Å². The minimum absolute atomic E-state index is 0.0408. The lowest BCUT2D eigenvalue weighted by molar-refractivity contribution is -0.151. The van der Waals surface area contributed by atoms with Crippen LogP contribution < -0.4 is 0 Å². The Kier molecular flexibility index (Phi) is 34.5. The molecule has 5 nitrogen and oxygen atoms in total. The summed E-state index contributed by atoms with van der Waals surface area (Å²) in [7, 11) is 0. The number of Topliss-reactive ketones (excluding diaryl/α,β-unsaturated/α-hetero) is 1. The smallest absolute Gasteiger partial charge is 0.306 e. The first kappa shape index (κ1) is 48.0. The van der Waals surface area contributed by atoms with Crippen LogP contribution in [0.1, 0.15) is 194 Å². The second-order valence-corrected chi connectivity index (χ2v) is 15.2. The van der Waals surface area contributed by atoms with Crippen molar-refractivity contribution in [2.24, 2.45) is 11.8 Å². The van der Waals surface area contributed by atoms with Crippen LogP contribution in [-0.4, -0.2) is 44.3 Å². The van der Waals surface area contributed by atoms with Crippen molar-refractivity contribution in [3.63, 3.8) is 0 Å². The number of allylic oxidation sites excluding steroid dienone is 8. The molecule has 0 bridgehead atoms. The SMILES string of the molecule is CCCCC/C=C\C/C=C\CCCCCCCCOCC(COC(=O)CC1CCC(=O)C1C)OCCCCCCCC/C=C\C/C=C\CCCCC. The standard InChI is InChI=1S/C47H82O5/c1-4-6-8-10-12-14-16-18-20-22-24-26-28-30-32-34-38-50-41-45(42-52-47(49)40-44-36-37-46(48)43(44)3)51-39-35-33-31-29-27-25-23-21-19-17-15-13-11-9-7-5-2/h12-15,18-21,43-45H,4-11,16-17,22-42H2,1-3H3/b14-12-,15-13-,20-18-,21-19-. The van der Waals surface area contributed by atoms with Crippen LogP contribution >= 0.6 is 0 Å². The van der Waals surface area contributed by atoms with Gasteiger partial charge in [0.05, 0.1) is 6.61 Å². The summed E-state index contributed by atoms with van der Waals surface area (Å²) in [6, 6.07) is 0. The molecule has 1 aliphatic carbocycles. The molecule has 1 rings (SSSR count). The van der Waals surface area contributed by atoms with Crippen LogP contribution in [0.3, 0.4) is 0 Å². The van der Waals surface area contributed by atoms with Crippen molar-refractivity contribution in [3.8, 4) is 0 Å². The Balaban J connectivity index is 2.17. The molecule has 3 unspecified atom stereocenters. The maximum absolute atomic E-state index is 12.6. The molecule has 300 valence electrons. The van der Waals surface area contributed by atoms with Crippen molar-refractivity contribution in [2.75, 3.05) is 26.4 Å². The second-order valence-electron chi connectivity index (χ2n) is 15.2. The molecule has 0 radical (unpaired) electrons. The zero-order chi connectivity index (χ0) is 37.6. The van der Waals surface area contributed by atoms with Crippen LogP contribution in [0.4, 0.5) is 0 Å². The summed E-state index contributed by atoms with van der Waals surface area (Å²) in [6.07, 6.45) is 49.4. The first-order chi connectivity index (χ1) is 25.6. The molecule has 1 aliphatic rings. The zero-order valence-electron chi connectivity index (χ0n) is 34.3. The Morgan fingerprint density at radius 1 is 0.615 bits per heavy atom. The van der Waals surface area contributed by atoms with E-state index in [9.17, 15) is 9.59 Å². The van der Waals surface area contributed by atoms with Crippen molar-refractivity contribution >= 4 is 11.8 Å². The van der Waals surface area contributed by atoms with Crippen LogP contribution in [0.5, 0.6) is 0 Å². The molecular weight excluding hydrogens is 645 g/mol. The van der Waals surface area contributed by atoms with Crippen molar-refractivity contribution in [3.05, 3.63) is 48.6 Å². The molecule has 0 aromatic heterocycles. The highest BCUT2D eigenvalue weighted by Gasteiger charge is 2.32. The van der Waals surface area contributed by atoms with Crippen molar-refractivity contribution < 1.29 is 23.8 Å². The van der Waals surface area contributed by atoms with Gasteiger partial charge in [0, 0.05) is 32.0 Å². The van der Waals surface area contributed by atoms with Gasteiger partial charge in [-0.25, -0.2) is 0 Å². The Hall–Kier alpha value is -1.98. The number of carbonyl (C=O) groups is 2. The van der Waals surface area contributed by atoms with E-state index in [1.54, 1.807) is 0 Å². The Bertz CT molecular complexity index is 934. The van der Waals surface area contributed by atoms with Gasteiger partial charge >= 0.3 is 5.97 Å². The fraction of sp³-hybridized carbons (Fsp3) is 0.787. The van der Waals surface area contributed by atoms with E-state index in [1.807, 2.05) is 6.92 Å². The molecule has 1 fully saturated rings. The van der Waals surface area contributed by atoms with Gasteiger partial charge in [-0.2, -0.15) is 0 Å². The van der Waals surface area contributed by atoms with Crippen LogP contribution in [0.15, 0.2) is 48.6 Å². The maximum atomic E-state index is 12.6. The molecule has 0 saturated heterocycles. The van der Waals surface area contributed by atoms with Gasteiger partial charge in [-0.15, -0.1) is 0 Å². The predicted molar refractivity (Wildman–Crippen MR) is 222 cm³/mol. The summed E-state index contributed by atoms with van der Waals surface area (Å²) in [6.45, 7) is 8.50. The number of ether oxygens (including phenoxy) is 3. The number of carbonyl (C=O) groups excluding carboxylic acids is 2. The average molecular weight is 727 g/mol. The van der Waals surface area contributed by atoms with E-state index >= 15 is 0 Å². The minimum atomic E-state index is -0.242. The summed E-state index contributed by atoms with van der Waals surface area (Å²) in [5.74, 6) is 0.113. The molecule has 0 amide bonds. The Morgan fingerprint density at radius 2 is 1.08 bits per heavy atom. The average Bonchev–Trinajstić information content (AvgIpc) is 3.46. The number of ketones is 1. The summed E-state index contributed by atoms with van der Waals surface area (Å²) >= 11 is 0. The summed E-state index contributed by atoms with van der Waals surface area (Å²) in [5.41, 5.74) is 0. The molecule has 3 atom stereocenters. The number of rotatable bonds is 37. The molecule has 0 N–H and O–H groups in total. The van der Waals surface area contributed by atoms with E-state index in [-0.39, 0.29) is 36.3 Å². The highest BCUT2D eigenvalue weighted by molar-refractivity contribution is 5.84. The third-order valence-corrected chi connectivity index (χ3v) is 10.3. The largest absolute Gasteiger partial charge is 0.463 e. The van der Waals surface area contributed by atoms with E-state index in [2.05, 4.69) is 62.5 Å². The highest BCUT2D eigenvalue weighted by atomic mass is 16.6. The Morgan fingerprint density at radius 3 is 1.56 bits per heavy atom. The second kappa shape index (κ2) is 37.3. The van der Waals surface area contributed by atoms with Crippen LogP contribution in [0.2, 0.25) is 0 Å². The minimum Gasteiger partial charge on any atom is -0.463 e. The van der Waals surface area contributed by atoms with Gasteiger partial charge < -0.3 is 14.2 Å². The fourth-order valence-corrected chi connectivity index (χ4v) is 6.70. The van der Waals surface area contributed by atoms with E-state index in [0.717, 1.165) is 45.1 Å². The molecule has 0 aliphatic heterocycles. The normalized spacial score (nSPS) is 17.2. The van der Waals surface area contributed by atoms with Crippen LogP contribution in [0, 0.1) is 11.8 Å². The first-order valence-corrected chi connectivity index (χ1v) is 22.1. The first-order valence-electron chi connectivity index (χ1n) is 22.1. The number of unbranched alkanes of at least 4 members (excludes halogenated alkanes) is 18. The molecule has 0 aromatic carbocycles. The van der Waals surface area contributed by atoms with Gasteiger partial charge in [-0.05, 0) is 89.4 Å². The lowest BCUT2D eigenvalue weighted by Crippen LogP contribution is -2.28. The topological polar surface area (TPSA) is 61.8 Å². The van der Waals surface area contributed by atoms with Crippen molar-refractivity contribution in [2.45, 2.75) is 200 Å². The highest BCUT2D eigenvalue weighted by Crippen LogP contribution is 2.31. The lowest BCUT2D eigenvalue weighted by atomic mass is 9.94. The van der Waals surface area contributed by atoms with Crippen LogP contribution in [0.25, 0.3) is 0 Å².